The summed E-state index contributed by atoms with van der Waals surface area (Å²) in [6.45, 7) is 2.46. The van der Waals surface area contributed by atoms with Crippen LogP contribution in [-0.4, -0.2) is 6.61 Å². The van der Waals surface area contributed by atoms with Crippen LogP contribution in [0, 0.1) is 0 Å². The molecule has 0 radical (unpaired) electrons. The smallest absolute Gasteiger partial charge is 0.419 e. The molecule has 0 N–H and O–H groups in total. The Morgan fingerprint density at radius 1 is 1.05 bits per heavy atom. The van der Waals surface area contributed by atoms with Crippen LogP contribution in [0.3, 0.4) is 0 Å². The molecule has 0 aliphatic rings. The lowest BCUT2D eigenvalue weighted by Gasteiger charge is -2.15. The van der Waals surface area contributed by atoms with Crippen molar-refractivity contribution in [2.75, 3.05) is 6.61 Å². The summed E-state index contributed by atoms with van der Waals surface area (Å²) in [5.41, 5.74) is -0.303. The van der Waals surface area contributed by atoms with Gasteiger partial charge >= 0.3 is 6.18 Å². The van der Waals surface area contributed by atoms with E-state index < -0.39 is 11.7 Å². The van der Waals surface area contributed by atoms with Crippen LogP contribution in [0.2, 0.25) is 0 Å². The zero-order valence-corrected chi connectivity index (χ0v) is 13.1. The highest BCUT2D eigenvalue weighted by Gasteiger charge is 2.34. The summed E-state index contributed by atoms with van der Waals surface area (Å²) < 4.78 is 44.2. The highest BCUT2D eigenvalue weighted by molar-refractivity contribution is 6.17. The van der Waals surface area contributed by atoms with E-state index in [2.05, 4.69) is 6.92 Å². The van der Waals surface area contributed by atoms with Crippen LogP contribution < -0.4 is 4.74 Å². The fraction of sp³-hybridized carbons (Fsp3) is 0.625. The van der Waals surface area contributed by atoms with Gasteiger partial charge in [-0.2, -0.15) is 13.2 Å². The van der Waals surface area contributed by atoms with Gasteiger partial charge in [-0.15, -0.1) is 11.6 Å². The van der Waals surface area contributed by atoms with Crippen molar-refractivity contribution < 1.29 is 17.9 Å². The minimum Gasteiger partial charge on any atom is -0.493 e. The van der Waals surface area contributed by atoms with Crippen molar-refractivity contribution in [1.29, 1.82) is 0 Å². The molecule has 5 heteroatoms. The van der Waals surface area contributed by atoms with Crippen LogP contribution in [0.5, 0.6) is 5.75 Å². The molecule has 0 aliphatic carbocycles. The summed E-state index contributed by atoms with van der Waals surface area (Å²) in [6, 6.07) is 3.99. The zero-order valence-electron chi connectivity index (χ0n) is 12.3. The molecule has 0 aromatic heterocycles. The Morgan fingerprint density at radius 2 is 1.71 bits per heavy atom. The summed E-state index contributed by atoms with van der Waals surface area (Å²) >= 11 is 5.58. The van der Waals surface area contributed by atoms with Gasteiger partial charge in [0.1, 0.15) is 5.75 Å². The Bertz CT molecular complexity index is 418. The topological polar surface area (TPSA) is 9.23 Å². The summed E-state index contributed by atoms with van der Waals surface area (Å²) in [4.78, 5) is 0. The molecule has 0 saturated heterocycles. The van der Waals surface area contributed by atoms with Crippen LogP contribution in [0.15, 0.2) is 18.2 Å². The van der Waals surface area contributed by atoms with Crippen molar-refractivity contribution in [2.45, 2.75) is 57.5 Å². The highest BCUT2D eigenvalue weighted by Crippen LogP contribution is 2.37. The molecule has 0 spiro atoms. The predicted octanol–water partition coefficient (Wildman–Crippen LogP) is 6.18. The maximum atomic E-state index is 13.0. The van der Waals surface area contributed by atoms with Gasteiger partial charge in [0, 0.05) is 5.88 Å². The minimum atomic E-state index is -4.42. The first kappa shape index (κ1) is 18.1. The molecule has 1 rings (SSSR count). The van der Waals surface area contributed by atoms with Gasteiger partial charge in [-0.05, 0) is 24.1 Å². The van der Waals surface area contributed by atoms with Crippen molar-refractivity contribution in [3.8, 4) is 5.75 Å². The lowest BCUT2D eigenvalue weighted by molar-refractivity contribution is -0.139. The first-order chi connectivity index (χ1) is 9.99. The van der Waals surface area contributed by atoms with Crippen LogP contribution >= 0.6 is 11.6 Å². The van der Waals surface area contributed by atoms with Crippen LogP contribution in [0.1, 0.15) is 56.6 Å². The van der Waals surface area contributed by atoms with Gasteiger partial charge in [0.2, 0.25) is 0 Å². The SMILES string of the molecule is CCCCCCCCOc1ccc(CCl)cc1C(F)(F)F. The molecule has 0 unspecified atom stereocenters. The Balaban J connectivity index is 2.51. The van der Waals surface area contributed by atoms with E-state index in [1.807, 2.05) is 0 Å². The molecule has 0 aliphatic heterocycles. The molecule has 0 saturated carbocycles. The number of ether oxygens (including phenoxy) is 1. The minimum absolute atomic E-state index is 0.0563. The van der Waals surface area contributed by atoms with Crippen molar-refractivity contribution >= 4 is 11.6 Å². The molecular weight excluding hydrogens is 301 g/mol. The Kier molecular flexibility index (Phi) is 7.94. The molecule has 1 aromatic rings. The van der Waals surface area contributed by atoms with Gasteiger partial charge in [0.25, 0.3) is 0 Å². The van der Waals surface area contributed by atoms with Gasteiger partial charge in [-0.1, -0.05) is 45.1 Å². The van der Waals surface area contributed by atoms with Crippen LogP contribution in [0.25, 0.3) is 0 Å². The lowest BCUT2D eigenvalue weighted by Crippen LogP contribution is -2.10. The van der Waals surface area contributed by atoms with Gasteiger partial charge in [-0.3, -0.25) is 0 Å². The van der Waals surface area contributed by atoms with Crippen molar-refractivity contribution in [2.24, 2.45) is 0 Å². The second-order valence-electron chi connectivity index (χ2n) is 5.08. The normalized spacial score (nSPS) is 11.7. The quantitative estimate of drug-likeness (QED) is 0.389. The zero-order chi connectivity index (χ0) is 15.7. The first-order valence-corrected chi connectivity index (χ1v) is 7.91. The number of benzene rings is 1. The first-order valence-electron chi connectivity index (χ1n) is 7.38. The molecule has 0 bridgehead atoms. The molecule has 0 fully saturated rings. The largest absolute Gasteiger partial charge is 0.493 e. The Morgan fingerprint density at radius 3 is 2.33 bits per heavy atom. The van der Waals surface area contributed by atoms with E-state index >= 15 is 0 Å². The number of hydrogen-bond donors (Lipinski definition) is 0. The van der Waals surface area contributed by atoms with E-state index in [4.69, 9.17) is 16.3 Å². The second kappa shape index (κ2) is 9.19. The highest BCUT2D eigenvalue weighted by atomic mass is 35.5. The molecule has 0 amide bonds. The van der Waals surface area contributed by atoms with E-state index in [9.17, 15) is 13.2 Å². The molecule has 120 valence electrons. The third kappa shape index (κ3) is 6.60. The van der Waals surface area contributed by atoms with Crippen LogP contribution in [-0.2, 0) is 12.1 Å². The Hall–Kier alpha value is -0.900. The lowest BCUT2D eigenvalue weighted by atomic mass is 10.1. The van der Waals surface area contributed by atoms with Gasteiger partial charge < -0.3 is 4.74 Å². The average molecular weight is 323 g/mol. The molecular formula is C16H22ClF3O. The van der Waals surface area contributed by atoms with E-state index in [1.54, 1.807) is 6.07 Å². The van der Waals surface area contributed by atoms with E-state index in [0.29, 0.717) is 12.2 Å². The fourth-order valence-electron chi connectivity index (χ4n) is 2.07. The molecule has 0 heterocycles. The number of unbranched alkanes of at least 4 members (excludes halogenated alkanes) is 5. The summed E-state index contributed by atoms with van der Waals surface area (Å²) in [7, 11) is 0. The third-order valence-electron chi connectivity index (χ3n) is 3.26. The van der Waals surface area contributed by atoms with Crippen LogP contribution in [0.4, 0.5) is 13.2 Å². The third-order valence-corrected chi connectivity index (χ3v) is 3.57. The standard InChI is InChI=1S/C16H22ClF3O/c1-2-3-4-5-6-7-10-21-15-9-8-13(12-17)11-14(15)16(18,19)20/h8-9,11H,2-7,10,12H2,1H3. The summed E-state index contributed by atoms with van der Waals surface area (Å²) in [5.74, 6) is -0.0502. The van der Waals surface area contributed by atoms with E-state index in [1.165, 1.54) is 25.3 Å². The predicted molar refractivity (Wildman–Crippen MR) is 79.9 cm³/mol. The monoisotopic (exact) mass is 322 g/mol. The summed E-state index contributed by atoms with van der Waals surface area (Å²) in [5, 5.41) is 0. The summed E-state index contributed by atoms with van der Waals surface area (Å²) in [6.07, 6.45) is 2.01. The van der Waals surface area contributed by atoms with Gasteiger partial charge in [0.15, 0.2) is 0 Å². The van der Waals surface area contributed by atoms with Gasteiger partial charge in [0.05, 0.1) is 12.2 Å². The Labute approximate surface area is 129 Å². The van der Waals surface area contributed by atoms with E-state index in [0.717, 1.165) is 25.3 Å². The average Bonchev–Trinajstić information content (AvgIpc) is 2.45. The van der Waals surface area contributed by atoms with E-state index in [-0.39, 0.29) is 11.6 Å². The van der Waals surface area contributed by atoms with Crippen molar-refractivity contribution in [1.82, 2.24) is 0 Å². The van der Waals surface area contributed by atoms with Crippen molar-refractivity contribution in [3.63, 3.8) is 0 Å². The van der Waals surface area contributed by atoms with Crippen molar-refractivity contribution in [3.05, 3.63) is 29.3 Å². The number of hydrogen-bond acceptors (Lipinski definition) is 1. The molecule has 1 nitrogen and oxygen atoms in total. The number of rotatable bonds is 9. The number of alkyl halides is 4. The van der Waals surface area contributed by atoms with Gasteiger partial charge in [-0.25, -0.2) is 0 Å². The number of halogens is 4. The molecule has 21 heavy (non-hydrogen) atoms. The molecule has 0 atom stereocenters. The maximum Gasteiger partial charge on any atom is 0.419 e. The second-order valence-corrected chi connectivity index (χ2v) is 5.35. The maximum absolute atomic E-state index is 13.0. The molecule has 1 aromatic carbocycles. The fourth-order valence-corrected chi connectivity index (χ4v) is 2.24.